The van der Waals surface area contributed by atoms with Crippen molar-refractivity contribution in [3.8, 4) is 0 Å². The van der Waals surface area contributed by atoms with Gasteiger partial charge in [-0.3, -0.25) is 9.59 Å². The Bertz CT molecular complexity index is 626. The van der Waals surface area contributed by atoms with E-state index in [1.54, 1.807) is 12.1 Å². The van der Waals surface area contributed by atoms with Crippen LogP contribution in [-0.2, 0) is 25.7 Å². The van der Waals surface area contributed by atoms with E-state index in [1.807, 2.05) is 0 Å². The average Bonchev–Trinajstić information content (AvgIpc) is 2.68. The highest BCUT2D eigenvalue weighted by Gasteiger charge is 2.12. The Labute approximate surface area is 195 Å². The number of carbonyl (C=O) groups excluding carboxylic acids is 2. The zero-order valence-electron chi connectivity index (χ0n) is 17.8. The molecule has 0 aliphatic carbocycles. The summed E-state index contributed by atoms with van der Waals surface area (Å²) in [6.45, 7) is 2.64. The van der Waals surface area contributed by atoms with Gasteiger partial charge in [-0.1, -0.05) is 93.1 Å². The van der Waals surface area contributed by atoms with E-state index in [0.717, 1.165) is 12.8 Å². The summed E-state index contributed by atoms with van der Waals surface area (Å²) in [6, 6.07) is 3.09. The quantitative estimate of drug-likeness (QED) is 0.178. The topological polar surface area (TPSA) is 52.6 Å². The normalized spacial score (nSPS) is 10.8. The van der Waals surface area contributed by atoms with Crippen molar-refractivity contribution in [2.24, 2.45) is 0 Å². The summed E-state index contributed by atoms with van der Waals surface area (Å²) in [6.07, 6.45) is 11.7. The van der Waals surface area contributed by atoms with Gasteiger partial charge < -0.3 is 9.47 Å². The predicted octanol–water partition coefficient (Wildman–Crippen LogP) is 7.93. The number of ether oxygens (including phenoxy) is 2. The Balaban J connectivity index is 2.03. The Morgan fingerprint density at radius 1 is 0.733 bits per heavy atom. The summed E-state index contributed by atoms with van der Waals surface area (Å²) in [4.78, 5) is 23.6. The highest BCUT2D eigenvalue weighted by Crippen LogP contribution is 2.29. The molecule has 0 aromatic heterocycles. The number of halogens is 3. The van der Waals surface area contributed by atoms with Crippen LogP contribution in [0.4, 0.5) is 0 Å². The molecule has 0 saturated carbocycles. The number of unbranched alkanes of at least 4 members (excludes halogenated alkanes) is 8. The molecule has 4 nitrogen and oxygen atoms in total. The van der Waals surface area contributed by atoms with Crippen LogP contribution < -0.4 is 0 Å². The highest BCUT2D eigenvalue weighted by atomic mass is 35.5. The maximum Gasteiger partial charge on any atom is 0.306 e. The predicted molar refractivity (Wildman–Crippen MR) is 123 cm³/mol. The molecule has 170 valence electrons. The number of hydrogen-bond acceptors (Lipinski definition) is 4. The molecule has 0 heterocycles. The third kappa shape index (κ3) is 12.7. The summed E-state index contributed by atoms with van der Waals surface area (Å²) >= 11 is 18.0. The van der Waals surface area contributed by atoms with Crippen LogP contribution in [0.25, 0.3) is 0 Å². The minimum absolute atomic E-state index is 0.0310. The second-order valence-electron chi connectivity index (χ2n) is 7.41. The molecule has 0 saturated heterocycles. The van der Waals surface area contributed by atoms with E-state index in [0.29, 0.717) is 33.7 Å². The van der Waals surface area contributed by atoms with Crippen LogP contribution in [0.2, 0.25) is 15.1 Å². The van der Waals surface area contributed by atoms with E-state index >= 15 is 0 Å². The van der Waals surface area contributed by atoms with Gasteiger partial charge in [0.2, 0.25) is 0 Å². The van der Waals surface area contributed by atoms with Crippen molar-refractivity contribution in [1.29, 1.82) is 0 Å². The Morgan fingerprint density at radius 3 is 1.80 bits per heavy atom. The first-order chi connectivity index (χ1) is 14.4. The molecule has 30 heavy (non-hydrogen) atoms. The second-order valence-corrected chi connectivity index (χ2v) is 8.66. The molecule has 0 radical (unpaired) electrons. The first-order valence-electron chi connectivity index (χ1n) is 10.9. The molecule has 0 aliphatic rings. The van der Waals surface area contributed by atoms with Crippen LogP contribution in [0.3, 0.4) is 0 Å². The van der Waals surface area contributed by atoms with Crippen LogP contribution >= 0.6 is 34.8 Å². The van der Waals surface area contributed by atoms with E-state index in [9.17, 15) is 9.59 Å². The number of hydrogen-bond donors (Lipinski definition) is 0. The molecule has 0 atom stereocenters. The van der Waals surface area contributed by atoms with Crippen molar-refractivity contribution < 1.29 is 19.1 Å². The van der Waals surface area contributed by atoms with Crippen LogP contribution in [0.5, 0.6) is 0 Å². The van der Waals surface area contributed by atoms with E-state index in [-0.39, 0.29) is 25.4 Å². The number of carbonyl (C=O) groups is 2. The summed E-state index contributed by atoms with van der Waals surface area (Å²) < 4.78 is 10.4. The van der Waals surface area contributed by atoms with Gasteiger partial charge in [-0.25, -0.2) is 0 Å². The number of benzene rings is 1. The van der Waals surface area contributed by atoms with Gasteiger partial charge in [-0.15, -0.1) is 0 Å². The molecule has 7 heteroatoms. The smallest absolute Gasteiger partial charge is 0.306 e. The fourth-order valence-corrected chi connectivity index (χ4v) is 3.91. The van der Waals surface area contributed by atoms with Crippen molar-refractivity contribution in [2.75, 3.05) is 6.61 Å². The van der Waals surface area contributed by atoms with Crippen molar-refractivity contribution in [1.82, 2.24) is 0 Å². The van der Waals surface area contributed by atoms with Crippen molar-refractivity contribution in [2.45, 2.75) is 90.6 Å². The third-order valence-electron chi connectivity index (χ3n) is 4.76. The van der Waals surface area contributed by atoms with Crippen LogP contribution in [0.1, 0.15) is 89.5 Å². The minimum Gasteiger partial charge on any atom is -0.466 e. The molecule has 0 bridgehead atoms. The zero-order valence-corrected chi connectivity index (χ0v) is 20.1. The second kappa shape index (κ2) is 16.7. The lowest BCUT2D eigenvalue weighted by Gasteiger charge is -2.09. The van der Waals surface area contributed by atoms with Gasteiger partial charge in [-0.2, -0.15) is 0 Å². The van der Waals surface area contributed by atoms with Gasteiger partial charge in [0.15, 0.2) is 0 Å². The molecule has 0 fully saturated rings. The van der Waals surface area contributed by atoms with E-state index in [4.69, 9.17) is 44.3 Å². The zero-order chi connectivity index (χ0) is 22.2. The van der Waals surface area contributed by atoms with Gasteiger partial charge in [0.1, 0.15) is 6.61 Å². The Morgan fingerprint density at radius 2 is 1.23 bits per heavy atom. The van der Waals surface area contributed by atoms with Crippen LogP contribution in [-0.4, -0.2) is 18.5 Å². The molecule has 0 spiro atoms. The molecule has 0 unspecified atom stereocenters. The molecule has 0 aliphatic heterocycles. The van der Waals surface area contributed by atoms with Gasteiger partial charge in [-0.05, 0) is 25.0 Å². The maximum atomic E-state index is 11.8. The largest absolute Gasteiger partial charge is 0.466 e. The van der Waals surface area contributed by atoms with Gasteiger partial charge in [0, 0.05) is 23.4 Å². The van der Waals surface area contributed by atoms with Gasteiger partial charge in [0.05, 0.1) is 16.7 Å². The maximum absolute atomic E-state index is 11.8. The molecule has 0 N–H and O–H groups in total. The SMILES string of the molecule is CCCCCCCCCCCOC(=O)CCCC(=O)OCc1c(Cl)cc(Cl)cc1Cl. The van der Waals surface area contributed by atoms with Gasteiger partial charge in [0.25, 0.3) is 0 Å². The van der Waals surface area contributed by atoms with Crippen LogP contribution in [0, 0.1) is 0 Å². The first kappa shape index (κ1) is 27.1. The summed E-state index contributed by atoms with van der Waals surface area (Å²) in [5.41, 5.74) is 0.511. The van der Waals surface area contributed by atoms with E-state index < -0.39 is 5.97 Å². The lowest BCUT2D eigenvalue weighted by Crippen LogP contribution is -2.09. The standard InChI is InChI=1S/C23H33Cl3O4/c1-2-3-4-5-6-7-8-9-10-14-29-22(27)12-11-13-23(28)30-17-19-20(25)15-18(24)16-21(19)26/h15-16H,2-14,17H2,1H3. The summed E-state index contributed by atoms with van der Waals surface area (Å²) in [7, 11) is 0. The van der Waals surface area contributed by atoms with E-state index in [1.165, 1.54) is 44.9 Å². The van der Waals surface area contributed by atoms with Gasteiger partial charge >= 0.3 is 11.9 Å². The first-order valence-corrected chi connectivity index (χ1v) is 12.0. The third-order valence-corrected chi connectivity index (χ3v) is 5.65. The monoisotopic (exact) mass is 478 g/mol. The number of rotatable bonds is 16. The summed E-state index contributed by atoms with van der Waals surface area (Å²) in [5, 5.41) is 1.11. The highest BCUT2D eigenvalue weighted by molar-refractivity contribution is 6.39. The molecule has 1 aromatic rings. The van der Waals surface area contributed by atoms with Crippen molar-refractivity contribution in [3.05, 3.63) is 32.8 Å². The number of esters is 2. The molecular formula is C23H33Cl3O4. The lowest BCUT2D eigenvalue weighted by molar-refractivity contribution is -0.146. The molecule has 1 aromatic carbocycles. The minimum atomic E-state index is -0.413. The fraction of sp³-hybridized carbons (Fsp3) is 0.652. The van der Waals surface area contributed by atoms with Crippen LogP contribution in [0.15, 0.2) is 12.1 Å². The Hall–Kier alpha value is -0.970. The summed E-state index contributed by atoms with van der Waals surface area (Å²) in [5.74, 6) is -0.685. The average molecular weight is 480 g/mol. The van der Waals surface area contributed by atoms with Crippen molar-refractivity contribution in [3.63, 3.8) is 0 Å². The fourth-order valence-electron chi connectivity index (χ4n) is 2.98. The molecule has 1 rings (SSSR count). The van der Waals surface area contributed by atoms with Crippen molar-refractivity contribution >= 4 is 46.7 Å². The van der Waals surface area contributed by atoms with E-state index in [2.05, 4.69) is 6.92 Å². The molecular weight excluding hydrogens is 447 g/mol. The Kier molecular flexibility index (Phi) is 15.1. The molecule has 0 amide bonds. The lowest BCUT2D eigenvalue weighted by atomic mass is 10.1.